The van der Waals surface area contributed by atoms with Gasteiger partial charge in [0.05, 0.1) is 0 Å². The zero-order valence-corrected chi connectivity index (χ0v) is 8.90. The third-order valence-electron chi connectivity index (χ3n) is 2.51. The molecule has 0 aliphatic carbocycles. The van der Waals surface area contributed by atoms with E-state index in [2.05, 4.69) is 24.0 Å². The summed E-state index contributed by atoms with van der Waals surface area (Å²) in [6.07, 6.45) is 4.49. The molecule has 5 heteroatoms. The fourth-order valence-electron chi connectivity index (χ4n) is 1.56. The lowest BCUT2D eigenvalue weighted by Crippen LogP contribution is -2.18. The van der Waals surface area contributed by atoms with Gasteiger partial charge in [0.1, 0.15) is 0 Å². The normalized spacial score (nSPS) is 13.0. The molecule has 1 atom stereocenters. The van der Waals surface area contributed by atoms with E-state index in [1.807, 2.05) is 0 Å². The van der Waals surface area contributed by atoms with E-state index in [9.17, 15) is 0 Å². The molecule has 0 fully saturated rings. The predicted molar refractivity (Wildman–Crippen MR) is 57.1 cm³/mol. The molecule has 0 radical (unpaired) electrons. The standard InChI is InChI=1S/C9H19N5/c1-3-5-6-7(4-2)8-12-13-9(10)14(8)11/h7H,3-6,11H2,1-2H3,(H2,10,13). The molecule has 0 bridgehead atoms. The molecule has 1 heterocycles. The second kappa shape index (κ2) is 4.83. The Labute approximate surface area is 84.5 Å². The van der Waals surface area contributed by atoms with Gasteiger partial charge in [-0.15, -0.1) is 10.2 Å². The van der Waals surface area contributed by atoms with Crippen molar-refractivity contribution >= 4 is 5.95 Å². The molecule has 14 heavy (non-hydrogen) atoms. The van der Waals surface area contributed by atoms with Gasteiger partial charge in [0.2, 0.25) is 5.95 Å². The van der Waals surface area contributed by atoms with Gasteiger partial charge in [-0.25, -0.2) is 4.68 Å². The van der Waals surface area contributed by atoms with Crippen LogP contribution in [0, 0.1) is 0 Å². The summed E-state index contributed by atoms with van der Waals surface area (Å²) in [5.41, 5.74) is 5.53. The lowest BCUT2D eigenvalue weighted by Gasteiger charge is -2.12. The summed E-state index contributed by atoms with van der Waals surface area (Å²) in [6, 6.07) is 0. The number of anilines is 1. The lowest BCUT2D eigenvalue weighted by molar-refractivity contribution is 0.532. The minimum atomic E-state index is 0.287. The van der Waals surface area contributed by atoms with E-state index in [0.29, 0.717) is 5.92 Å². The average Bonchev–Trinajstić information content (AvgIpc) is 2.51. The number of hydrogen-bond acceptors (Lipinski definition) is 4. The molecule has 80 valence electrons. The van der Waals surface area contributed by atoms with Crippen LogP contribution in [0.4, 0.5) is 5.95 Å². The molecule has 0 aliphatic heterocycles. The number of nitrogens with zero attached hydrogens (tertiary/aromatic N) is 3. The van der Waals surface area contributed by atoms with Crippen LogP contribution in [-0.4, -0.2) is 14.9 Å². The average molecular weight is 197 g/mol. The quantitative estimate of drug-likeness (QED) is 0.696. The number of rotatable bonds is 5. The zero-order chi connectivity index (χ0) is 10.6. The topological polar surface area (TPSA) is 82.8 Å². The smallest absolute Gasteiger partial charge is 0.240 e. The molecule has 0 amide bonds. The van der Waals surface area contributed by atoms with Gasteiger partial charge < -0.3 is 11.6 Å². The van der Waals surface area contributed by atoms with Gasteiger partial charge in [-0.2, -0.15) is 0 Å². The molecule has 5 nitrogen and oxygen atoms in total. The SMILES string of the molecule is CCCCC(CC)c1nnc(N)n1N. The van der Waals surface area contributed by atoms with Gasteiger partial charge in [0, 0.05) is 5.92 Å². The van der Waals surface area contributed by atoms with Gasteiger partial charge in [0.25, 0.3) is 0 Å². The Morgan fingerprint density at radius 2 is 2.07 bits per heavy atom. The van der Waals surface area contributed by atoms with E-state index in [0.717, 1.165) is 18.7 Å². The van der Waals surface area contributed by atoms with Gasteiger partial charge in [-0.3, -0.25) is 0 Å². The van der Waals surface area contributed by atoms with Crippen LogP contribution in [0.15, 0.2) is 0 Å². The van der Waals surface area contributed by atoms with Crippen LogP contribution in [0.25, 0.3) is 0 Å². The molecule has 0 spiro atoms. The summed E-state index contributed by atoms with van der Waals surface area (Å²) in [4.78, 5) is 0. The fraction of sp³-hybridized carbons (Fsp3) is 0.778. The van der Waals surface area contributed by atoms with Crippen LogP contribution >= 0.6 is 0 Å². The van der Waals surface area contributed by atoms with Crippen molar-refractivity contribution in [1.29, 1.82) is 0 Å². The van der Waals surface area contributed by atoms with Crippen molar-refractivity contribution in [3.63, 3.8) is 0 Å². The van der Waals surface area contributed by atoms with Gasteiger partial charge in [-0.1, -0.05) is 26.7 Å². The van der Waals surface area contributed by atoms with Crippen LogP contribution in [0.1, 0.15) is 51.3 Å². The first-order valence-corrected chi connectivity index (χ1v) is 5.16. The van der Waals surface area contributed by atoms with E-state index in [1.54, 1.807) is 0 Å². The Hall–Kier alpha value is -1.26. The second-order valence-electron chi connectivity index (χ2n) is 3.53. The fourth-order valence-corrected chi connectivity index (χ4v) is 1.56. The lowest BCUT2D eigenvalue weighted by atomic mass is 9.99. The van der Waals surface area contributed by atoms with Gasteiger partial charge in [-0.05, 0) is 12.8 Å². The number of nitrogen functional groups attached to an aromatic ring is 2. The Bertz CT molecular complexity index is 281. The summed E-state index contributed by atoms with van der Waals surface area (Å²) >= 11 is 0. The molecular weight excluding hydrogens is 178 g/mol. The van der Waals surface area contributed by atoms with Gasteiger partial charge >= 0.3 is 0 Å². The Balaban J connectivity index is 2.73. The van der Waals surface area contributed by atoms with Crippen molar-refractivity contribution in [2.24, 2.45) is 0 Å². The third kappa shape index (κ3) is 2.16. The Kier molecular flexibility index (Phi) is 3.73. The summed E-state index contributed by atoms with van der Waals surface area (Å²) < 4.78 is 1.39. The van der Waals surface area contributed by atoms with Crippen molar-refractivity contribution in [3.8, 4) is 0 Å². The molecule has 1 rings (SSSR count). The summed E-state index contributed by atoms with van der Waals surface area (Å²) in [5.74, 6) is 7.19. The maximum Gasteiger partial charge on any atom is 0.240 e. The largest absolute Gasteiger partial charge is 0.366 e. The number of nitrogens with two attached hydrogens (primary N) is 2. The summed E-state index contributed by atoms with van der Waals surface area (Å²) in [7, 11) is 0. The Morgan fingerprint density at radius 1 is 1.36 bits per heavy atom. The summed E-state index contributed by atoms with van der Waals surface area (Å²) in [6.45, 7) is 4.31. The van der Waals surface area contributed by atoms with Crippen molar-refractivity contribution < 1.29 is 0 Å². The highest BCUT2D eigenvalue weighted by molar-refractivity contribution is 5.18. The molecule has 1 aromatic rings. The van der Waals surface area contributed by atoms with E-state index in [4.69, 9.17) is 11.6 Å². The first-order chi connectivity index (χ1) is 6.70. The molecule has 0 saturated heterocycles. The summed E-state index contributed by atoms with van der Waals surface area (Å²) in [5, 5.41) is 7.76. The van der Waals surface area contributed by atoms with E-state index in [1.165, 1.54) is 17.5 Å². The van der Waals surface area contributed by atoms with E-state index >= 15 is 0 Å². The highest BCUT2D eigenvalue weighted by Gasteiger charge is 2.16. The second-order valence-corrected chi connectivity index (χ2v) is 3.53. The van der Waals surface area contributed by atoms with Crippen molar-refractivity contribution in [3.05, 3.63) is 5.82 Å². The first kappa shape index (κ1) is 10.8. The molecule has 0 saturated carbocycles. The van der Waals surface area contributed by atoms with Crippen LogP contribution in [-0.2, 0) is 0 Å². The van der Waals surface area contributed by atoms with Crippen molar-refractivity contribution in [1.82, 2.24) is 14.9 Å². The van der Waals surface area contributed by atoms with Crippen molar-refractivity contribution in [2.75, 3.05) is 11.6 Å². The number of unbranched alkanes of at least 4 members (excludes halogenated alkanes) is 1. The van der Waals surface area contributed by atoms with Crippen LogP contribution in [0.3, 0.4) is 0 Å². The minimum absolute atomic E-state index is 0.287. The zero-order valence-electron chi connectivity index (χ0n) is 8.90. The van der Waals surface area contributed by atoms with Crippen LogP contribution in [0.2, 0.25) is 0 Å². The number of hydrogen-bond donors (Lipinski definition) is 2. The van der Waals surface area contributed by atoms with Crippen LogP contribution < -0.4 is 11.6 Å². The molecule has 4 N–H and O–H groups in total. The van der Waals surface area contributed by atoms with Gasteiger partial charge in [0.15, 0.2) is 5.82 Å². The maximum absolute atomic E-state index is 5.72. The molecule has 1 aromatic heterocycles. The highest BCUT2D eigenvalue weighted by atomic mass is 15.4. The predicted octanol–water partition coefficient (Wildman–Crippen LogP) is 1.26. The van der Waals surface area contributed by atoms with Crippen molar-refractivity contribution in [2.45, 2.75) is 45.4 Å². The molecular formula is C9H19N5. The third-order valence-corrected chi connectivity index (χ3v) is 2.51. The molecule has 1 unspecified atom stereocenters. The van der Waals surface area contributed by atoms with Crippen LogP contribution in [0.5, 0.6) is 0 Å². The maximum atomic E-state index is 5.72. The first-order valence-electron chi connectivity index (χ1n) is 5.16. The monoisotopic (exact) mass is 197 g/mol. The van der Waals surface area contributed by atoms with E-state index in [-0.39, 0.29) is 5.95 Å². The molecule has 0 aromatic carbocycles. The molecule has 0 aliphatic rings. The highest BCUT2D eigenvalue weighted by Crippen LogP contribution is 2.23. The number of aromatic nitrogens is 3. The Morgan fingerprint density at radius 3 is 2.50 bits per heavy atom. The van der Waals surface area contributed by atoms with E-state index < -0.39 is 0 Å². The minimum Gasteiger partial charge on any atom is -0.366 e.